The molecule has 0 aliphatic rings. The first-order valence-corrected chi connectivity index (χ1v) is 7.09. The van der Waals surface area contributed by atoms with Crippen LogP contribution in [0.1, 0.15) is 17.7 Å². The molecule has 21 heavy (non-hydrogen) atoms. The fourth-order valence-electron chi connectivity index (χ4n) is 1.78. The maximum Gasteiger partial charge on any atom is 0.120 e. The first kappa shape index (κ1) is 15.4. The van der Waals surface area contributed by atoms with Crippen LogP contribution in [-0.4, -0.2) is 28.1 Å². The highest BCUT2D eigenvalue weighted by Gasteiger charge is 2.03. The first-order chi connectivity index (χ1) is 10.2. The second-order valence-electron chi connectivity index (χ2n) is 4.45. The van der Waals surface area contributed by atoms with Crippen LogP contribution in [-0.2, 0) is 6.54 Å². The normalized spacial score (nSPS) is 10.0. The summed E-state index contributed by atoms with van der Waals surface area (Å²) < 4.78 is 7.51. The third-order valence-electron chi connectivity index (χ3n) is 2.92. The average Bonchev–Trinajstić information content (AvgIpc) is 2.80. The van der Waals surface area contributed by atoms with Crippen LogP contribution in [0.2, 0.25) is 5.02 Å². The Morgan fingerprint density at radius 1 is 1.43 bits per heavy atom. The van der Waals surface area contributed by atoms with Gasteiger partial charge >= 0.3 is 0 Å². The Morgan fingerprint density at radius 3 is 3.00 bits per heavy atom. The average molecular weight is 305 g/mol. The van der Waals surface area contributed by atoms with Gasteiger partial charge in [-0.25, -0.2) is 0 Å². The molecular weight excluding hydrogens is 288 g/mol. The number of aromatic nitrogens is 2. The molecule has 2 aromatic rings. The van der Waals surface area contributed by atoms with Gasteiger partial charge in [0.15, 0.2) is 0 Å². The Balaban J connectivity index is 1.90. The minimum atomic E-state index is 0.0783. The van der Waals surface area contributed by atoms with Gasteiger partial charge in [0.05, 0.1) is 30.1 Å². The van der Waals surface area contributed by atoms with Crippen LogP contribution in [0.5, 0.6) is 5.75 Å². The molecule has 4 nitrogen and oxygen atoms in total. The van der Waals surface area contributed by atoms with E-state index in [2.05, 4.69) is 16.9 Å². The molecule has 0 saturated carbocycles. The van der Waals surface area contributed by atoms with Crippen molar-refractivity contribution in [2.24, 2.45) is 0 Å². The summed E-state index contributed by atoms with van der Waals surface area (Å²) in [4.78, 5) is 0. The van der Waals surface area contributed by atoms with Gasteiger partial charge in [-0.1, -0.05) is 29.5 Å². The smallest absolute Gasteiger partial charge is 0.120 e. The van der Waals surface area contributed by atoms with Crippen molar-refractivity contribution >= 4 is 11.6 Å². The third-order valence-corrected chi connectivity index (χ3v) is 3.29. The summed E-state index contributed by atoms with van der Waals surface area (Å²) in [5, 5.41) is 13.5. The summed E-state index contributed by atoms with van der Waals surface area (Å²) >= 11 is 5.95. The molecule has 0 atom stereocenters. The van der Waals surface area contributed by atoms with E-state index in [4.69, 9.17) is 21.4 Å². The van der Waals surface area contributed by atoms with Crippen LogP contribution >= 0.6 is 11.6 Å². The molecule has 110 valence electrons. The molecule has 1 N–H and O–H groups in total. The largest absolute Gasteiger partial charge is 0.492 e. The first-order valence-electron chi connectivity index (χ1n) is 6.71. The minimum absolute atomic E-state index is 0.0783. The van der Waals surface area contributed by atoms with Crippen LogP contribution in [0, 0.1) is 18.8 Å². The molecule has 5 heteroatoms. The van der Waals surface area contributed by atoms with Gasteiger partial charge in [-0.15, -0.1) is 0 Å². The fraction of sp³-hybridized carbons (Fsp3) is 0.312. The molecule has 1 aromatic heterocycles. The second-order valence-corrected chi connectivity index (χ2v) is 4.86. The van der Waals surface area contributed by atoms with Crippen molar-refractivity contribution in [3.63, 3.8) is 0 Å². The summed E-state index contributed by atoms with van der Waals surface area (Å²) in [7, 11) is 0. The van der Waals surface area contributed by atoms with Crippen molar-refractivity contribution in [2.75, 3.05) is 13.2 Å². The van der Waals surface area contributed by atoms with Crippen LogP contribution in [0.25, 0.3) is 0 Å². The predicted octanol–water partition coefficient (Wildman–Crippen LogP) is 2.66. The van der Waals surface area contributed by atoms with E-state index in [1.807, 2.05) is 35.9 Å². The summed E-state index contributed by atoms with van der Waals surface area (Å²) in [5.74, 6) is 6.63. The number of aliphatic hydroxyl groups is 1. The van der Waals surface area contributed by atoms with Crippen LogP contribution in [0.3, 0.4) is 0 Å². The molecule has 0 spiro atoms. The predicted molar refractivity (Wildman–Crippen MR) is 82.5 cm³/mol. The number of rotatable bonds is 5. The van der Waals surface area contributed by atoms with Crippen molar-refractivity contribution in [2.45, 2.75) is 19.9 Å². The molecule has 0 aliphatic heterocycles. The quantitative estimate of drug-likeness (QED) is 0.864. The van der Waals surface area contributed by atoms with E-state index < -0.39 is 0 Å². The zero-order valence-electron chi connectivity index (χ0n) is 11.8. The number of halogens is 1. The number of hydrogen-bond acceptors (Lipinski definition) is 3. The van der Waals surface area contributed by atoms with Gasteiger partial charge in [-0.2, -0.15) is 5.10 Å². The maximum absolute atomic E-state index is 8.70. The lowest BCUT2D eigenvalue weighted by Crippen LogP contribution is -2.10. The molecule has 0 radical (unpaired) electrons. The molecule has 1 aromatic carbocycles. The lowest BCUT2D eigenvalue weighted by atomic mass is 10.2. The molecule has 0 aliphatic carbocycles. The van der Waals surface area contributed by atoms with Crippen molar-refractivity contribution in [3.05, 3.63) is 46.7 Å². The zero-order valence-corrected chi connectivity index (χ0v) is 12.6. The second kappa shape index (κ2) is 7.72. The van der Waals surface area contributed by atoms with E-state index in [0.717, 1.165) is 17.0 Å². The van der Waals surface area contributed by atoms with Crippen molar-refractivity contribution < 1.29 is 9.84 Å². The van der Waals surface area contributed by atoms with Gasteiger partial charge in [0.2, 0.25) is 0 Å². The van der Waals surface area contributed by atoms with E-state index in [1.54, 1.807) is 6.20 Å². The fourth-order valence-corrected chi connectivity index (χ4v) is 1.92. The van der Waals surface area contributed by atoms with Crippen LogP contribution < -0.4 is 4.74 Å². The Kier molecular flexibility index (Phi) is 5.68. The van der Waals surface area contributed by atoms with Gasteiger partial charge in [-0.05, 0) is 25.1 Å². The van der Waals surface area contributed by atoms with Crippen molar-refractivity contribution in [3.8, 4) is 17.6 Å². The van der Waals surface area contributed by atoms with E-state index in [-0.39, 0.29) is 6.61 Å². The highest BCUT2D eigenvalue weighted by Crippen LogP contribution is 2.15. The zero-order chi connectivity index (χ0) is 15.1. The monoisotopic (exact) mass is 304 g/mol. The summed E-state index contributed by atoms with van der Waals surface area (Å²) in [6.45, 7) is 3.15. The Labute approximate surface area is 129 Å². The summed E-state index contributed by atoms with van der Waals surface area (Å²) in [6.07, 6.45) is 2.11. The molecule has 0 saturated heterocycles. The van der Waals surface area contributed by atoms with Gasteiger partial charge in [0.25, 0.3) is 0 Å². The number of ether oxygens (including phenoxy) is 1. The van der Waals surface area contributed by atoms with Gasteiger partial charge in [-0.3, -0.25) is 4.68 Å². The van der Waals surface area contributed by atoms with Crippen LogP contribution in [0.15, 0.2) is 30.5 Å². The topological polar surface area (TPSA) is 47.3 Å². The highest BCUT2D eigenvalue weighted by molar-refractivity contribution is 6.31. The highest BCUT2D eigenvalue weighted by atomic mass is 35.5. The minimum Gasteiger partial charge on any atom is -0.492 e. The van der Waals surface area contributed by atoms with Crippen LogP contribution in [0.4, 0.5) is 0 Å². The number of aliphatic hydroxyl groups excluding tert-OH is 1. The molecule has 0 unspecified atom stereocenters. The van der Waals surface area contributed by atoms with Crippen molar-refractivity contribution in [1.29, 1.82) is 0 Å². The van der Waals surface area contributed by atoms with E-state index >= 15 is 0 Å². The van der Waals surface area contributed by atoms with Crippen molar-refractivity contribution in [1.82, 2.24) is 9.78 Å². The lowest BCUT2D eigenvalue weighted by molar-refractivity contribution is 0.290. The maximum atomic E-state index is 8.70. The Morgan fingerprint density at radius 2 is 2.29 bits per heavy atom. The van der Waals surface area contributed by atoms with Gasteiger partial charge in [0, 0.05) is 12.0 Å². The Bertz CT molecular complexity index is 656. The molecule has 2 rings (SSSR count). The molecule has 0 fully saturated rings. The third kappa shape index (κ3) is 4.52. The van der Waals surface area contributed by atoms with E-state index in [1.165, 1.54) is 0 Å². The molecule has 0 amide bonds. The Hall–Kier alpha value is -1.96. The SMILES string of the molecule is Cc1c(Cl)cnn1CCOc1cccc(C#CCCO)c1. The molecular formula is C16H17ClN2O2. The summed E-state index contributed by atoms with van der Waals surface area (Å²) in [5.41, 5.74) is 1.81. The summed E-state index contributed by atoms with van der Waals surface area (Å²) in [6, 6.07) is 7.58. The van der Waals surface area contributed by atoms with Gasteiger partial charge < -0.3 is 9.84 Å². The number of hydrogen-bond donors (Lipinski definition) is 1. The molecule has 1 heterocycles. The lowest BCUT2D eigenvalue weighted by Gasteiger charge is -2.08. The van der Waals surface area contributed by atoms with E-state index in [9.17, 15) is 0 Å². The van der Waals surface area contributed by atoms with Gasteiger partial charge in [0.1, 0.15) is 12.4 Å². The number of benzene rings is 1. The van der Waals surface area contributed by atoms with E-state index in [0.29, 0.717) is 24.6 Å². The number of nitrogens with zero attached hydrogens (tertiary/aromatic N) is 2. The standard InChI is InChI=1S/C16H17ClN2O2/c1-13-16(17)12-18-19(13)8-10-21-15-7-4-6-14(11-15)5-2-3-9-20/h4,6-7,11-12,20H,3,8-10H2,1H3. The molecule has 0 bridgehead atoms.